The monoisotopic (exact) mass is 389 g/mol. The molecule has 0 aliphatic rings. The molecule has 29 heavy (non-hydrogen) atoms. The summed E-state index contributed by atoms with van der Waals surface area (Å²) >= 11 is 0. The third-order valence-electron chi connectivity index (χ3n) is 5.13. The summed E-state index contributed by atoms with van der Waals surface area (Å²) in [6, 6.07) is 16.3. The van der Waals surface area contributed by atoms with Crippen molar-refractivity contribution < 1.29 is 14.4 Å². The van der Waals surface area contributed by atoms with Crippen LogP contribution in [0.4, 0.5) is 5.69 Å². The highest BCUT2D eigenvalue weighted by Crippen LogP contribution is 2.36. The Hall–Kier alpha value is -3.60. The van der Waals surface area contributed by atoms with Crippen LogP contribution < -0.4 is 9.47 Å². The average Bonchev–Trinajstić information content (AvgIpc) is 2.74. The number of hydrogen-bond donors (Lipinski definition) is 0. The second-order valence-electron chi connectivity index (χ2n) is 6.82. The number of non-ortho nitro benzene ring substituents is 1. The Morgan fingerprint density at radius 1 is 0.897 bits per heavy atom. The maximum atomic E-state index is 10.9. The van der Waals surface area contributed by atoms with Gasteiger partial charge in [0.15, 0.2) is 0 Å². The highest BCUT2D eigenvalue weighted by Gasteiger charge is 2.13. The van der Waals surface area contributed by atoms with Crippen LogP contribution >= 0.6 is 0 Å². The molecule has 0 aliphatic carbocycles. The summed E-state index contributed by atoms with van der Waals surface area (Å²) in [6.07, 6.45) is 0. The number of hydrogen-bond acceptors (Lipinski definition) is 4. The molecule has 0 unspecified atom stereocenters. The van der Waals surface area contributed by atoms with E-state index in [1.807, 2.05) is 38.1 Å². The topological polar surface area (TPSA) is 61.6 Å². The number of aryl methyl sites for hydroxylation is 1. The van der Waals surface area contributed by atoms with Gasteiger partial charge >= 0.3 is 0 Å². The van der Waals surface area contributed by atoms with Crippen LogP contribution in [0, 0.1) is 24.0 Å². The van der Waals surface area contributed by atoms with Crippen molar-refractivity contribution in [2.75, 3.05) is 14.2 Å². The van der Waals surface area contributed by atoms with Crippen molar-refractivity contribution in [3.05, 3.63) is 93.5 Å². The number of nitro benzene ring substituents is 1. The Bertz CT molecular complexity index is 1080. The van der Waals surface area contributed by atoms with E-state index in [0.717, 1.165) is 44.7 Å². The molecule has 0 amide bonds. The van der Waals surface area contributed by atoms with Gasteiger partial charge in [0, 0.05) is 17.7 Å². The molecule has 3 rings (SSSR count). The zero-order valence-corrected chi connectivity index (χ0v) is 17.0. The van der Waals surface area contributed by atoms with Crippen LogP contribution in [0.3, 0.4) is 0 Å². The SMILES string of the molecule is C=C(c1cc(C)c(C)c(OC)c1)c1ccc(OC)c(-c2ccc([N+](=O)[O-])cc2)c1. The van der Waals surface area contributed by atoms with Crippen molar-refractivity contribution in [1.82, 2.24) is 0 Å². The Labute approximate surface area is 170 Å². The number of rotatable bonds is 6. The summed E-state index contributed by atoms with van der Waals surface area (Å²) in [4.78, 5) is 10.5. The molecular weight excluding hydrogens is 366 g/mol. The second-order valence-corrected chi connectivity index (χ2v) is 6.82. The highest BCUT2D eigenvalue weighted by atomic mass is 16.6. The van der Waals surface area contributed by atoms with E-state index in [-0.39, 0.29) is 5.69 Å². The molecular formula is C24H23NO4. The molecule has 0 heterocycles. The van der Waals surface area contributed by atoms with Gasteiger partial charge in [0.2, 0.25) is 0 Å². The Morgan fingerprint density at radius 2 is 1.55 bits per heavy atom. The van der Waals surface area contributed by atoms with Crippen molar-refractivity contribution in [2.24, 2.45) is 0 Å². The number of benzene rings is 3. The van der Waals surface area contributed by atoms with Gasteiger partial charge in [-0.1, -0.05) is 18.7 Å². The number of nitrogens with zero attached hydrogens (tertiary/aromatic N) is 1. The van der Waals surface area contributed by atoms with E-state index in [1.165, 1.54) is 12.1 Å². The number of methoxy groups -OCH3 is 2. The third-order valence-corrected chi connectivity index (χ3v) is 5.13. The van der Waals surface area contributed by atoms with Gasteiger partial charge in [0.25, 0.3) is 5.69 Å². The van der Waals surface area contributed by atoms with Gasteiger partial charge in [-0.25, -0.2) is 0 Å². The van der Waals surface area contributed by atoms with Gasteiger partial charge in [-0.3, -0.25) is 10.1 Å². The van der Waals surface area contributed by atoms with E-state index < -0.39 is 4.92 Å². The van der Waals surface area contributed by atoms with Gasteiger partial charge in [0.1, 0.15) is 11.5 Å². The molecule has 0 atom stereocenters. The minimum Gasteiger partial charge on any atom is -0.496 e. The number of nitro groups is 1. The van der Waals surface area contributed by atoms with Crippen molar-refractivity contribution in [3.63, 3.8) is 0 Å². The second kappa shape index (κ2) is 8.19. The fraction of sp³-hybridized carbons (Fsp3) is 0.167. The molecule has 0 aromatic heterocycles. The first-order chi connectivity index (χ1) is 13.8. The maximum Gasteiger partial charge on any atom is 0.269 e. The molecule has 148 valence electrons. The van der Waals surface area contributed by atoms with Crippen molar-refractivity contribution in [1.29, 1.82) is 0 Å². The molecule has 0 radical (unpaired) electrons. The van der Waals surface area contributed by atoms with Crippen LogP contribution in [-0.4, -0.2) is 19.1 Å². The first kappa shape index (κ1) is 20.1. The lowest BCUT2D eigenvalue weighted by molar-refractivity contribution is -0.384. The van der Waals surface area contributed by atoms with Crippen LogP contribution in [0.25, 0.3) is 16.7 Å². The maximum absolute atomic E-state index is 10.9. The number of ether oxygens (including phenoxy) is 2. The van der Waals surface area contributed by atoms with Crippen molar-refractivity contribution >= 4 is 11.3 Å². The van der Waals surface area contributed by atoms with E-state index >= 15 is 0 Å². The summed E-state index contributed by atoms with van der Waals surface area (Å²) in [6.45, 7) is 8.36. The quantitative estimate of drug-likeness (QED) is 0.386. The van der Waals surface area contributed by atoms with Gasteiger partial charge in [-0.2, -0.15) is 0 Å². The highest BCUT2D eigenvalue weighted by molar-refractivity contribution is 5.83. The molecule has 0 saturated heterocycles. The molecule has 0 spiro atoms. The molecule has 3 aromatic rings. The van der Waals surface area contributed by atoms with Crippen LogP contribution in [-0.2, 0) is 0 Å². The Balaban J connectivity index is 2.06. The Morgan fingerprint density at radius 3 is 2.14 bits per heavy atom. The van der Waals surface area contributed by atoms with Gasteiger partial charge in [-0.05, 0) is 77.6 Å². The normalized spacial score (nSPS) is 10.5. The van der Waals surface area contributed by atoms with Crippen LogP contribution in [0.5, 0.6) is 11.5 Å². The van der Waals surface area contributed by atoms with Gasteiger partial charge < -0.3 is 9.47 Å². The zero-order valence-electron chi connectivity index (χ0n) is 17.0. The summed E-state index contributed by atoms with van der Waals surface area (Å²) in [7, 11) is 3.27. The summed E-state index contributed by atoms with van der Waals surface area (Å²) < 4.78 is 11.0. The minimum atomic E-state index is -0.410. The molecule has 0 saturated carbocycles. The molecule has 0 aliphatic heterocycles. The first-order valence-electron chi connectivity index (χ1n) is 9.13. The van der Waals surface area contributed by atoms with E-state index in [4.69, 9.17) is 9.47 Å². The van der Waals surface area contributed by atoms with Crippen LogP contribution in [0.2, 0.25) is 0 Å². The molecule has 0 fully saturated rings. The predicted octanol–water partition coefficient (Wildman–Crippen LogP) is 5.96. The summed E-state index contributed by atoms with van der Waals surface area (Å²) in [5.74, 6) is 1.51. The summed E-state index contributed by atoms with van der Waals surface area (Å²) in [5, 5.41) is 10.9. The fourth-order valence-electron chi connectivity index (χ4n) is 3.26. The molecule has 0 bridgehead atoms. The van der Waals surface area contributed by atoms with Crippen LogP contribution in [0.1, 0.15) is 22.3 Å². The third kappa shape index (κ3) is 3.99. The Kier molecular flexibility index (Phi) is 5.69. The predicted molar refractivity (Wildman–Crippen MR) is 116 cm³/mol. The lowest BCUT2D eigenvalue weighted by atomic mass is 9.93. The largest absolute Gasteiger partial charge is 0.496 e. The van der Waals surface area contributed by atoms with Crippen LogP contribution in [0.15, 0.2) is 61.2 Å². The lowest BCUT2D eigenvalue weighted by Gasteiger charge is -2.15. The van der Waals surface area contributed by atoms with Gasteiger partial charge in [0.05, 0.1) is 19.1 Å². The summed E-state index contributed by atoms with van der Waals surface area (Å²) in [5.41, 5.74) is 6.73. The van der Waals surface area contributed by atoms with E-state index in [2.05, 4.69) is 12.6 Å². The molecule has 5 heteroatoms. The zero-order chi connectivity index (χ0) is 21.1. The van der Waals surface area contributed by atoms with Crippen molar-refractivity contribution in [2.45, 2.75) is 13.8 Å². The lowest BCUT2D eigenvalue weighted by Crippen LogP contribution is -1.96. The smallest absolute Gasteiger partial charge is 0.269 e. The first-order valence-corrected chi connectivity index (χ1v) is 9.13. The van der Waals surface area contributed by atoms with E-state index in [0.29, 0.717) is 5.75 Å². The van der Waals surface area contributed by atoms with Crippen molar-refractivity contribution in [3.8, 4) is 22.6 Å². The van der Waals surface area contributed by atoms with Gasteiger partial charge in [-0.15, -0.1) is 0 Å². The molecule has 5 nitrogen and oxygen atoms in total. The van der Waals surface area contributed by atoms with E-state index in [9.17, 15) is 10.1 Å². The molecule has 3 aromatic carbocycles. The average molecular weight is 389 g/mol. The minimum absolute atomic E-state index is 0.0514. The fourth-order valence-corrected chi connectivity index (χ4v) is 3.26. The van der Waals surface area contributed by atoms with E-state index in [1.54, 1.807) is 26.4 Å². The standard InChI is InChI=1S/C24H23NO4/c1-15-12-20(14-24(29-5)16(15)2)17(3)19-8-11-23(28-4)22(13-19)18-6-9-21(10-7-18)25(26)27/h6-14H,3H2,1-2,4-5H3. The molecule has 0 N–H and O–H groups in total.